The molecule has 0 radical (unpaired) electrons. The minimum atomic E-state index is -0.283. The van der Waals surface area contributed by atoms with E-state index in [9.17, 15) is 8.78 Å². The van der Waals surface area contributed by atoms with E-state index in [1.165, 1.54) is 12.1 Å². The second-order valence-corrected chi connectivity index (χ2v) is 5.62. The highest BCUT2D eigenvalue weighted by Crippen LogP contribution is 2.26. The van der Waals surface area contributed by atoms with Gasteiger partial charge in [0, 0.05) is 18.2 Å². The van der Waals surface area contributed by atoms with Crippen molar-refractivity contribution in [2.24, 2.45) is 0 Å². The maximum Gasteiger partial charge on any atom is 0.137 e. The average molecular weight is 340 g/mol. The first kappa shape index (κ1) is 15.1. The second kappa shape index (κ2) is 6.46. The van der Waals surface area contributed by atoms with E-state index in [0.717, 1.165) is 5.56 Å². The lowest BCUT2D eigenvalue weighted by Gasteiger charge is -2.26. The zero-order valence-electron chi connectivity index (χ0n) is 11.4. The van der Waals surface area contributed by atoms with Gasteiger partial charge in [-0.05, 0) is 47.6 Å². The Hall–Kier alpha value is -1.26. The molecule has 20 heavy (non-hydrogen) atoms. The third kappa shape index (κ3) is 3.25. The van der Waals surface area contributed by atoms with Gasteiger partial charge in [-0.3, -0.25) is 4.90 Å². The van der Waals surface area contributed by atoms with Crippen molar-refractivity contribution in [1.29, 1.82) is 0 Å². The standard InChI is InChI=1S/C16H16BrF2N/c1-11(13-7-3-4-8-14(13)18)20(2)10-12-6-5-9-15(19)16(12)17/h3-9,11H,10H2,1-2H3. The van der Waals surface area contributed by atoms with Crippen LogP contribution in [0.1, 0.15) is 24.1 Å². The third-order valence-electron chi connectivity index (χ3n) is 3.47. The van der Waals surface area contributed by atoms with Crippen LogP contribution >= 0.6 is 15.9 Å². The lowest BCUT2D eigenvalue weighted by atomic mass is 10.1. The summed E-state index contributed by atoms with van der Waals surface area (Å²) in [7, 11) is 1.90. The Bertz CT molecular complexity index is 601. The summed E-state index contributed by atoms with van der Waals surface area (Å²) in [6, 6.07) is 11.6. The molecule has 0 aliphatic rings. The molecule has 0 amide bonds. The highest BCUT2D eigenvalue weighted by atomic mass is 79.9. The number of hydrogen-bond acceptors (Lipinski definition) is 1. The summed E-state index contributed by atoms with van der Waals surface area (Å²) in [6.45, 7) is 2.47. The normalized spacial score (nSPS) is 12.7. The van der Waals surface area contributed by atoms with Gasteiger partial charge in [0.25, 0.3) is 0 Å². The molecule has 0 bridgehead atoms. The Kier molecular flexibility index (Phi) is 4.89. The molecule has 0 saturated carbocycles. The zero-order valence-corrected chi connectivity index (χ0v) is 13.0. The van der Waals surface area contributed by atoms with Crippen LogP contribution in [-0.4, -0.2) is 11.9 Å². The Labute approximate surface area is 126 Å². The number of nitrogens with zero attached hydrogens (tertiary/aromatic N) is 1. The van der Waals surface area contributed by atoms with Gasteiger partial charge in [0.05, 0.1) is 4.47 Å². The Morgan fingerprint density at radius 3 is 2.40 bits per heavy atom. The fourth-order valence-corrected chi connectivity index (χ4v) is 2.52. The SMILES string of the molecule is CC(c1ccccc1F)N(C)Cc1cccc(F)c1Br. The fourth-order valence-electron chi connectivity index (χ4n) is 2.13. The van der Waals surface area contributed by atoms with Crippen molar-refractivity contribution < 1.29 is 8.78 Å². The van der Waals surface area contributed by atoms with Gasteiger partial charge in [0.2, 0.25) is 0 Å². The predicted octanol–water partition coefficient (Wildman–Crippen LogP) is 4.92. The molecular weight excluding hydrogens is 324 g/mol. The molecule has 1 nitrogen and oxygen atoms in total. The molecule has 1 atom stereocenters. The van der Waals surface area contributed by atoms with E-state index in [4.69, 9.17) is 0 Å². The van der Waals surface area contributed by atoms with Crippen molar-refractivity contribution in [3.8, 4) is 0 Å². The van der Waals surface area contributed by atoms with Crippen LogP contribution in [0.25, 0.3) is 0 Å². The zero-order chi connectivity index (χ0) is 14.7. The van der Waals surface area contributed by atoms with E-state index in [-0.39, 0.29) is 17.7 Å². The van der Waals surface area contributed by atoms with E-state index >= 15 is 0 Å². The van der Waals surface area contributed by atoms with Crippen LogP contribution in [0, 0.1) is 11.6 Å². The van der Waals surface area contributed by atoms with Crippen LogP contribution in [0.2, 0.25) is 0 Å². The Morgan fingerprint density at radius 1 is 1.05 bits per heavy atom. The molecule has 106 valence electrons. The molecule has 0 aliphatic heterocycles. The number of benzene rings is 2. The predicted molar refractivity (Wildman–Crippen MR) is 80.4 cm³/mol. The monoisotopic (exact) mass is 339 g/mol. The van der Waals surface area contributed by atoms with Gasteiger partial charge in [-0.2, -0.15) is 0 Å². The third-order valence-corrected chi connectivity index (χ3v) is 4.36. The van der Waals surface area contributed by atoms with E-state index in [2.05, 4.69) is 15.9 Å². The molecule has 0 N–H and O–H groups in total. The smallest absolute Gasteiger partial charge is 0.137 e. The molecule has 0 aromatic heterocycles. The number of halogens is 3. The van der Waals surface area contributed by atoms with Crippen LogP contribution in [0.4, 0.5) is 8.78 Å². The van der Waals surface area contributed by atoms with Crippen molar-refractivity contribution in [3.05, 3.63) is 69.7 Å². The summed E-state index contributed by atoms with van der Waals surface area (Å²) in [4.78, 5) is 1.98. The van der Waals surface area contributed by atoms with E-state index < -0.39 is 0 Å². The highest BCUT2D eigenvalue weighted by Gasteiger charge is 2.17. The average Bonchev–Trinajstić information content (AvgIpc) is 2.43. The van der Waals surface area contributed by atoms with Crippen molar-refractivity contribution in [2.75, 3.05) is 7.05 Å². The van der Waals surface area contributed by atoms with Crippen LogP contribution in [-0.2, 0) is 6.54 Å². The first-order valence-electron chi connectivity index (χ1n) is 6.38. The fraction of sp³-hybridized carbons (Fsp3) is 0.250. The van der Waals surface area contributed by atoms with Crippen LogP contribution in [0.5, 0.6) is 0 Å². The topological polar surface area (TPSA) is 3.24 Å². The van der Waals surface area contributed by atoms with Gasteiger partial charge >= 0.3 is 0 Å². The van der Waals surface area contributed by atoms with Gasteiger partial charge < -0.3 is 0 Å². The van der Waals surface area contributed by atoms with Gasteiger partial charge in [-0.15, -0.1) is 0 Å². The summed E-state index contributed by atoms with van der Waals surface area (Å²) >= 11 is 3.25. The van der Waals surface area contributed by atoms with Crippen LogP contribution < -0.4 is 0 Å². The molecule has 2 aromatic carbocycles. The van der Waals surface area contributed by atoms with Gasteiger partial charge in [0.15, 0.2) is 0 Å². The minimum Gasteiger partial charge on any atom is -0.295 e. The first-order valence-corrected chi connectivity index (χ1v) is 7.17. The first-order chi connectivity index (χ1) is 9.50. The van der Waals surface area contributed by atoms with E-state index in [0.29, 0.717) is 16.6 Å². The number of rotatable bonds is 4. The molecule has 0 spiro atoms. The van der Waals surface area contributed by atoms with Crippen molar-refractivity contribution in [3.63, 3.8) is 0 Å². The largest absolute Gasteiger partial charge is 0.295 e. The van der Waals surface area contributed by atoms with E-state index in [1.807, 2.05) is 31.0 Å². The van der Waals surface area contributed by atoms with Gasteiger partial charge in [-0.1, -0.05) is 30.3 Å². The molecule has 2 aromatic rings. The van der Waals surface area contributed by atoms with E-state index in [1.54, 1.807) is 18.2 Å². The maximum atomic E-state index is 13.8. The molecule has 1 unspecified atom stereocenters. The van der Waals surface area contributed by atoms with Gasteiger partial charge in [0.1, 0.15) is 11.6 Å². The number of hydrogen-bond donors (Lipinski definition) is 0. The van der Waals surface area contributed by atoms with Crippen molar-refractivity contribution in [2.45, 2.75) is 19.5 Å². The summed E-state index contributed by atoms with van der Waals surface area (Å²) in [5, 5.41) is 0. The minimum absolute atomic E-state index is 0.0913. The molecule has 0 saturated heterocycles. The Morgan fingerprint density at radius 2 is 1.70 bits per heavy atom. The maximum absolute atomic E-state index is 13.8. The highest BCUT2D eigenvalue weighted by molar-refractivity contribution is 9.10. The quantitative estimate of drug-likeness (QED) is 0.764. The molecule has 0 heterocycles. The lowest BCUT2D eigenvalue weighted by molar-refractivity contribution is 0.247. The molecular formula is C16H16BrF2N. The molecule has 4 heteroatoms. The molecule has 2 rings (SSSR count). The van der Waals surface area contributed by atoms with Crippen molar-refractivity contribution >= 4 is 15.9 Å². The van der Waals surface area contributed by atoms with Crippen molar-refractivity contribution in [1.82, 2.24) is 4.90 Å². The van der Waals surface area contributed by atoms with Crippen LogP contribution in [0.15, 0.2) is 46.9 Å². The molecule has 0 fully saturated rings. The Balaban J connectivity index is 2.18. The lowest BCUT2D eigenvalue weighted by Crippen LogP contribution is -2.23. The summed E-state index contributed by atoms with van der Waals surface area (Å²) < 4.78 is 27.7. The summed E-state index contributed by atoms with van der Waals surface area (Å²) in [5.41, 5.74) is 1.48. The second-order valence-electron chi connectivity index (χ2n) is 4.83. The summed E-state index contributed by atoms with van der Waals surface area (Å²) in [6.07, 6.45) is 0. The van der Waals surface area contributed by atoms with Crippen LogP contribution in [0.3, 0.4) is 0 Å². The molecule has 0 aliphatic carbocycles. The van der Waals surface area contributed by atoms with Gasteiger partial charge in [-0.25, -0.2) is 8.78 Å². The summed E-state index contributed by atoms with van der Waals surface area (Å²) in [5.74, 6) is -0.500.